The average molecular weight is 533 g/mol. The summed E-state index contributed by atoms with van der Waals surface area (Å²) in [6, 6.07) is 20.4. The molecule has 1 atom stereocenters. The van der Waals surface area contributed by atoms with Crippen LogP contribution < -0.4 is 9.62 Å². The van der Waals surface area contributed by atoms with Crippen molar-refractivity contribution in [1.82, 2.24) is 14.8 Å². The number of anilines is 3. The van der Waals surface area contributed by atoms with Gasteiger partial charge in [0.25, 0.3) is 5.91 Å². The van der Waals surface area contributed by atoms with Gasteiger partial charge in [-0.05, 0) is 60.7 Å². The van der Waals surface area contributed by atoms with Crippen LogP contribution in [0.25, 0.3) is 10.9 Å². The lowest BCUT2D eigenvalue weighted by Gasteiger charge is -2.35. The number of hydrogen-bond donors (Lipinski definition) is 1. The number of urea groups is 1. The Labute approximate surface area is 220 Å². The highest BCUT2D eigenvalue weighted by Gasteiger charge is 2.25. The first-order valence-electron chi connectivity index (χ1n) is 11.8. The van der Waals surface area contributed by atoms with E-state index in [1.807, 2.05) is 12.1 Å². The number of fused-ring (bicyclic) bond motifs is 1. The molecule has 1 N–H and O–H groups in total. The molecule has 3 amide bonds. The maximum Gasteiger partial charge on any atom is 0.321 e. The molecule has 0 aliphatic carbocycles. The van der Waals surface area contributed by atoms with E-state index in [0.29, 0.717) is 54.3 Å². The molecule has 0 spiro atoms. The van der Waals surface area contributed by atoms with Gasteiger partial charge in [0.05, 0.1) is 28.2 Å². The molecule has 1 aliphatic rings. The quantitative estimate of drug-likeness (QED) is 0.386. The Balaban J connectivity index is 1.25. The van der Waals surface area contributed by atoms with Crippen LogP contribution in [-0.2, 0) is 11.3 Å². The normalized spacial score (nSPS) is 14.3. The molecule has 0 radical (unpaired) electrons. The lowest BCUT2D eigenvalue weighted by Crippen LogP contribution is -2.51. The Kier molecular flexibility index (Phi) is 7.29. The standard InChI is InChI=1S/C27H24FN5O4S/c28-21-8-10-22(11-9-21)30-27(35)32-17-15-31(16-18-32)26(34)20-6-12-23(13-7-20)33(38(36)37)24-5-1-3-19-4-2-14-29-25(19)24/h1-14H,15-18H2,(H,30,35)(H,36,37)/p-1. The molecule has 1 unspecified atom stereocenters. The Morgan fingerprint density at radius 3 is 2.24 bits per heavy atom. The van der Waals surface area contributed by atoms with Crippen LogP contribution >= 0.6 is 0 Å². The third-order valence-corrected chi connectivity index (χ3v) is 6.98. The van der Waals surface area contributed by atoms with Crippen molar-refractivity contribution in [3.05, 3.63) is 96.4 Å². The second-order valence-electron chi connectivity index (χ2n) is 8.63. The number of para-hydroxylation sites is 1. The summed E-state index contributed by atoms with van der Waals surface area (Å²) in [4.78, 5) is 33.2. The number of aromatic nitrogens is 1. The van der Waals surface area contributed by atoms with Gasteiger partial charge in [-0.15, -0.1) is 0 Å². The van der Waals surface area contributed by atoms with Crippen LogP contribution in [0.4, 0.5) is 26.2 Å². The maximum atomic E-state index is 13.1. The molecule has 1 aliphatic heterocycles. The molecule has 11 heteroatoms. The Hall–Kier alpha value is -4.35. The predicted molar refractivity (Wildman–Crippen MR) is 142 cm³/mol. The van der Waals surface area contributed by atoms with Gasteiger partial charge in [-0.25, -0.2) is 9.18 Å². The van der Waals surface area contributed by atoms with Crippen LogP contribution in [0, 0.1) is 5.82 Å². The number of hydrogen-bond acceptors (Lipinski definition) is 5. The van der Waals surface area contributed by atoms with Crippen molar-refractivity contribution in [3.63, 3.8) is 0 Å². The molecule has 5 rings (SSSR count). The van der Waals surface area contributed by atoms with Crippen LogP contribution in [0.1, 0.15) is 10.4 Å². The fourth-order valence-electron chi connectivity index (χ4n) is 4.33. The third kappa shape index (κ3) is 5.34. The van der Waals surface area contributed by atoms with Gasteiger partial charge in [-0.2, -0.15) is 0 Å². The first-order valence-corrected chi connectivity index (χ1v) is 12.9. The topological polar surface area (TPSA) is 109 Å². The molecular formula is C27H23FN5O4S-. The van der Waals surface area contributed by atoms with Crippen molar-refractivity contribution in [2.75, 3.05) is 35.8 Å². The van der Waals surface area contributed by atoms with Gasteiger partial charge in [0.2, 0.25) is 0 Å². The van der Waals surface area contributed by atoms with Gasteiger partial charge in [0.1, 0.15) is 5.82 Å². The number of pyridine rings is 1. The molecular weight excluding hydrogens is 509 g/mol. The lowest BCUT2D eigenvalue weighted by atomic mass is 10.1. The highest BCUT2D eigenvalue weighted by atomic mass is 32.2. The first kappa shape index (κ1) is 25.3. The Bertz CT molecular complexity index is 1490. The molecule has 2 heterocycles. The minimum absolute atomic E-state index is 0.211. The molecule has 3 aromatic carbocycles. The molecule has 1 saturated heterocycles. The van der Waals surface area contributed by atoms with E-state index in [4.69, 9.17) is 0 Å². The van der Waals surface area contributed by atoms with E-state index in [9.17, 15) is 22.7 Å². The van der Waals surface area contributed by atoms with Gasteiger partial charge in [-0.1, -0.05) is 18.2 Å². The van der Waals surface area contributed by atoms with Gasteiger partial charge in [0, 0.05) is 49.0 Å². The summed E-state index contributed by atoms with van der Waals surface area (Å²) in [5.41, 5.74) is 2.22. The predicted octanol–water partition coefficient (Wildman–Crippen LogP) is 4.30. The number of piperazine rings is 1. The Morgan fingerprint density at radius 1 is 0.895 bits per heavy atom. The number of amides is 3. The highest BCUT2D eigenvalue weighted by Crippen LogP contribution is 2.32. The van der Waals surface area contributed by atoms with Gasteiger partial charge >= 0.3 is 6.03 Å². The monoisotopic (exact) mass is 532 g/mol. The molecule has 1 fully saturated rings. The van der Waals surface area contributed by atoms with E-state index in [1.165, 1.54) is 24.3 Å². The molecule has 1 aromatic heterocycles. The number of rotatable bonds is 5. The smallest absolute Gasteiger partial charge is 0.321 e. The number of carbonyl (C=O) groups excluding carboxylic acids is 2. The van der Waals surface area contributed by atoms with Crippen molar-refractivity contribution in [3.8, 4) is 0 Å². The van der Waals surface area contributed by atoms with Crippen LogP contribution in [0.5, 0.6) is 0 Å². The van der Waals surface area contributed by atoms with Gasteiger partial charge in [0.15, 0.2) is 0 Å². The van der Waals surface area contributed by atoms with Crippen LogP contribution in [-0.4, -0.2) is 61.7 Å². The van der Waals surface area contributed by atoms with Crippen LogP contribution in [0.3, 0.4) is 0 Å². The van der Waals surface area contributed by atoms with Crippen LogP contribution in [0.2, 0.25) is 0 Å². The number of carbonyl (C=O) groups is 2. The zero-order chi connectivity index (χ0) is 26.6. The highest BCUT2D eigenvalue weighted by molar-refractivity contribution is 7.81. The van der Waals surface area contributed by atoms with Crippen molar-refractivity contribution in [2.24, 2.45) is 0 Å². The SMILES string of the molecule is O=C(Nc1ccc(F)cc1)N1CCN(C(=O)c2ccc(N(c3cccc4cccnc34)S(=O)[O-])cc2)CC1. The lowest BCUT2D eigenvalue weighted by molar-refractivity contribution is 0.0671. The molecule has 194 valence electrons. The second kappa shape index (κ2) is 11.0. The third-order valence-electron chi connectivity index (χ3n) is 6.28. The zero-order valence-electron chi connectivity index (χ0n) is 20.1. The molecule has 38 heavy (non-hydrogen) atoms. The molecule has 0 saturated carbocycles. The largest absolute Gasteiger partial charge is 0.755 e. The molecule has 9 nitrogen and oxygen atoms in total. The van der Waals surface area contributed by atoms with E-state index in [2.05, 4.69) is 10.3 Å². The first-order chi connectivity index (χ1) is 18.4. The number of nitrogens with one attached hydrogen (secondary N) is 1. The van der Waals surface area contributed by atoms with Crippen molar-refractivity contribution in [1.29, 1.82) is 0 Å². The summed E-state index contributed by atoms with van der Waals surface area (Å²) in [6.07, 6.45) is 1.60. The minimum atomic E-state index is -2.62. The molecule has 0 bridgehead atoms. The number of nitrogens with zero attached hydrogens (tertiary/aromatic N) is 4. The average Bonchev–Trinajstić information content (AvgIpc) is 2.94. The summed E-state index contributed by atoms with van der Waals surface area (Å²) < 4.78 is 38.6. The van der Waals surface area contributed by atoms with E-state index in [1.54, 1.807) is 58.5 Å². The Morgan fingerprint density at radius 2 is 1.55 bits per heavy atom. The summed E-state index contributed by atoms with van der Waals surface area (Å²) in [6.45, 7) is 1.37. The fourth-order valence-corrected chi connectivity index (χ4v) is 4.93. The van der Waals surface area contributed by atoms with E-state index in [-0.39, 0.29) is 17.8 Å². The molecule has 4 aromatic rings. The van der Waals surface area contributed by atoms with E-state index >= 15 is 0 Å². The van der Waals surface area contributed by atoms with Crippen LogP contribution in [0.15, 0.2) is 85.1 Å². The van der Waals surface area contributed by atoms with E-state index < -0.39 is 11.3 Å². The van der Waals surface area contributed by atoms with Crippen molar-refractivity contribution in [2.45, 2.75) is 0 Å². The van der Waals surface area contributed by atoms with Crippen molar-refractivity contribution < 1.29 is 22.7 Å². The fraction of sp³-hybridized carbons (Fsp3) is 0.148. The minimum Gasteiger partial charge on any atom is -0.755 e. The number of halogens is 1. The number of benzene rings is 3. The summed E-state index contributed by atoms with van der Waals surface area (Å²) in [5, 5.41) is 3.53. The second-order valence-corrected chi connectivity index (χ2v) is 9.43. The van der Waals surface area contributed by atoms with E-state index in [0.717, 1.165) is 9.69 Å². The van der Waals surface area contributed by atoms with Gasteiger partial charge < -0.3 is 19.7 Å². The maximum absolute atomic E-state index is 13.1. The summed E-state index contributed by atoms with van der Waals surface area (Å²) in [7, 11) is 0. The van der Waals surface area contributed by atoms with Gasteiger partial charge in [-0.3, -0.25) is 18.3 Å². The summed E-state index contributed by atoms with van der Waals surface area (Å²) in [5.74, 6) is -0.598. The summed E-state index contributed by atoms with van der Waals surface area (Å²) >= 11 is -2.62. The zero-order valence-corrected chi connectivity index (χ0v) is 20.9. The van der Waals surface area contributed by atoms with Crippen molar-refractivity contribution >= 4 is 51.2 Å².